The van der Waals surface area contributed by atoms with Gasteiger partial charge in [-0.05, 0) is 56.8 Å². The molecule has 1 heterocycles. The number of nitrogens with zero attached hydrogens (tertiary/aromatic N) is 2. The summed E-state index contributed by atoms with van der Waals surface area (Å²) in [5, 5.41) is 0. The molecule has 0 aliphatic carbocycles. The van der Waals surface area contributed by atoms with Gasteiger partial charge >= 0.3 is 0 Å². The van der Waals surface area contributed by atoms with E-state index < -0.39 is 11.4 Å². The van der Waals surface area contributed by atoms with Crippen LogP contribution in [0.3, 0.4) is 0 Å². The summed E-state index contributed by atoms with van der Waals surface area (Å²) in [5.41, 5.74) is 2.02. The Balaban J connectivity index is 2.06. The number of methoxy groups -OCH3 is 1. The first kappa shape index (κ1) is 17.6. The molecule has 0 amide bonds. The van der Waals surface area contributed by atoms with E-state index in [2.05, 4.69) is 21.4 Å². The molecule has 0 spiro atoms. The van der Waals surface area contributed by atoms with Gasteiger partial charge in [-0.1, -0.05) is 22.6 Å². The summed E-state index contributed by atoms with van der Waals surface area (Å²) < 4.78 is 21.4. The number of hydrogen-bond donors (Lipinski definition) is 0. The van der Waals surface area contributed by atoms with Gasteiger partial charge in [-0.2, -0.15) is 0 Å². The van der Waals surface area contributed by atoms with Crippen LogP contribution in [0.1, 0.15) is 26.3 Å². The minimum Gasteiger partial charge on any atom is -0.591 e. The molecule has 0 aromatic heterocycles. The third-order valence-corrected chi connectivity index (χ3v) is 4.78. The topological polar surface area (TPSA) is 47.9 Å². The average Bonchev–Trinajstić information content (AvgIpc) is 2.72. The van der Waals surface area contributed by atoms with Gasteiger partial charge in [-0.3, -0.25) is 0 Å². The lowest BCUT2D eigenvalue weighted by Gasteiger charge is -2.22. The van der Waals surface area contributed by atoms with Gasteiger partial charge in [0.15, 0.2) is 0 Å². The molecule has 0 saturated carbocycles. The first-order valence-corrected chi connectivity index (χ1v) is 8.70. The summed E-state index contributed by atoms with van der Waals surface area (Å²) in [5.74, 6) is 0.852. The van der Waals surface area contributed by atoms with Crippen LogP contribution in [-0.4, -0.2) is 33.6 Å². The Bertz CT molecular complexity index is 600. The molecule has 1 aromatic carbocycles. The Hall–Kier alpha value is -1.72. The maximum Gasteiger partial charge on any atom is 0.144 e. The minimum atomic E-state index is -1.24. The van der Waals surface area contributed by atoms with Crippen molar-refractivity contribution in [2.24, 2.45) is 4.40 Å². The largest absolute Gasteiger partial charge is 0.591 e. The maximum absolute atomic E-state index is 12.2. The quantitative estimate of drug-likeness (QED) is 0.793. The summed E-state index contributed by atoms with van der Waals surface area (Å²) in [6.45, 7) is 7.20. The van der Waals surface area contributed by atoms with Crippen molar-refractivity contribution < 1.29 is 9.29 Å². The summed E-state index contributed by atoms with van der Waals surface area (Å²) in [6.07, 6.45) is 7.87. The molecule has 4 nitrogen and oxygen atoms in total. The van der Waals surface area contributed by atoms with Crippen molar-refractivity contribution in [1.82, 2.24) is 4.90 Å². The standard InChI is InChI=1S/C18H24N2O2S/c1-18(2,3)23(21)19-16-7-5-6-12-20(14-16)13-15-8-10-17(22-4)11-9-15/h5-12H,13-14H2,1-4H3. The number of rotatable bonds is 4. The molecule has 2 rings (SSSR count). The lowest BCUT2D eigenvalue weighted by atomic mass is 10.2. The predicted octanol–water partition coefficient (Wildman–Crippen LogP) is 3.48. The monoisotopic (exact) mass is 332 g/mol. The van der Waals surface area contributed by atoms with Crippen molar-refractivity contribution >= 4 is 17.1 Å². The van der Waals surface area contributed by atoms with Crippen molar-refractivity contribution in [3.63, 3.8) is 0 Å². The van der Waals surface area contributed by atoms with Crippen LogP contribution in [0.15, 0.2) is 53.1 Å². The van der Waals surface area contributed by atoms with Gasteiger partial charge in [0.05, 0.1) is 13.7 Å². The van der Waals surface area contributed by atoms with Gasteiger partial charge in [-0.25, -0.2) is 0 Å². The van der Waals surface area contributed by atoms with E-state index in [9.17, 15) is 4.55 Å². The fourth-order valence-electron chi connectivity index (χ4n) is 2.03. The van der Waals surface area contributed by atoms with E-state index in [-0.39, 0.29) is 4.75 Å². The zero-order valence-corrected chi connectivity index (χ0v) is 15.0. The van der Waals surface area contributed by atoms with E-state index in [0.717, 1.165) is 18.0 Å². The first-order chi connectivity index (χ1) is 10.9. The van der Waals surface area contributed by atoms with Gasteiger partial charge < -0.3 is 14.2 Å². The number of ether oxygens (including phenoxy) is 1. The molecule has 1 aliphatic heterocycles. The van der Waals surface area contributed by atoms with Crippen LogP contribution in [0.4, 0.5) is 0 Å². The molecule has 1 aromatic rings. The lowest BCUT2D eigenvalue weighted by molar-refractivity contribution is 0.410. The van der Waals surface area contributed by atoms with E-state index in [1.807, 2.05) is 57.3 Å². The van der Waals surface area contributed by atoms with Gasteiger partial charge in [0.25, 0.3) is 0 Å². The van der Waals surface area contributed by atoms with Crippen molar-refractivity contribution in [3.05, 3.63) is 54.3 Å². The minimum absolute atomic E-state index is 0.346. The zero-order valence-electron chi connectivity index (χ0n) is 14.2. The Morgan fingerprint density at radius 1 is 1.22 bits per heavy atom. The molecule has 1 unspecified atom stereocenters. The SMILES string of the molecule is COc1ccc(CN2C=CC=CC(=N[S+]([O-])C(C)(C)C)C2)cc1. The Labute approximate surface area is 141 Å². The third kappa shape index (κ3) is 5.44. The molecular formula is C18H24N2O2S. The second kappa shape index (κ2) is 7.70. The van der Waals surface area contributed by atoms with Crippen LogP contribution >= 0.6 is 0 Å². The van der Waals surface area contributed by atoms with Crippen LogP contribution in [0, 0.1) is 0 Å². The normalized spacial score (nSPS) is 18.1. The molecule has 1 atom stereocenters. The van der Waals surface area contributed by atoms with E-state index >= 15 is 0 Å². The van der Waals surface area contributed by atoms with Crippen LogP contribution in [0.25, 0.3) is 0 Å². The van der Waals surface area contributed by atoms with Crippen molar-refractivity contribution in [1.29, 1.82) is 0 Å². The summed E-state index contributed by atoms with van der Waals surface area (Å²) in [4.78, 5) is 2.15. The summed E-state index contributed by atoms with van der Waals surface area (Å²) in [7, 11) is 1.66. The molecule has 1 aliphatic rings. The number of benzene rings is 1. The Morgan fingerprint density at radius 3 is 2.52 bits per heavy atom. The van der Waals surface area contributed by atoms with E-state index in [1.165, 1.54) is 5.56 Å². The molecular weight excluding hydrogens is 308 g/mol. The summed E-state index contributed by atoms with van der Waals surface area (Å²) in [6, 6.07) is 8.02. The highest BCUT2D eigenvalue weighted by atomic mass is 32.2. The highest BCUT2D eigenvalue weighted by Gasteiger charge is 2.27. The van der Waals surface area contributed by atoms with Crippen LogP contribution in [0.2, 0.25) is 0 Å². The predicted molar refractivity (Wildman–Crippen MR) is 97.0 cm³/mol. The van der Waals surface area contributed by atoms with Crippen LogP contribution in [-0.2, 0) is 17.9 Å². The van der Waals surface area contributed by atoms with E-state index in [0.29, 0.717) is 6.54 Å². The maximum atomic E-state index is 12.2. The van der Waals surface area contributed by atoms with Crippen molar-refractivity contribution in [3.8, 4) is 5.75 Å². The summed E-state index contributed by atoms with van der Waals surface area (Å²) >= 11 is -1.24. The molecule has 124 valence electrons. The lowest BCUT2D eigenvalue weighted by Crippen LogP contribution is -2.29. The second-order valence-electron chi connectivity index (χ2n) is 6.40. The molecule has 0 saturated heterocycles. The molecule has 23 heavy (non-hydrogen) atoms. The molecule has 0 N–H and O–H groups in total. The Kier molecular flexibility index (Phi) is 5.91. The van der Waals surface area contributed by atoms with Gasteiger partial charge in [0, 0.05) is 6.54 Å². The van der Waals surface area contributed by atoms with Crippen LogP contribution in [0.5, 0.6) is 5.75 Å². The van der Waals surface area contributed by atoms with Gasteiger partial charge in [0.2, 0.25) is 0 Å². The van der Waals surface area contributed by atoms with Crippen LogP contribution < -0.4 is 4.74 Å². The molecule has 0 radical (unpaired) electrons. The highest BCUT2D eigenvalue weighted by Crippen LogP contribution is 2.18. The van der Waals surface area contributed by atoms with Crippen molar-refractivity contribution in [2.45, 2.75) is 32.1 Å². The smallest absolute Gasteiger partial charge is 0.144 e. The number of allylic oxidation sites excluding steroid dienone is 2. The fraction of sp³-hybridized carbons (Fsp3) is 0.389. The molecule has 0 bridgehead atoms. The van der Waals surface area contributed by atoms with Gasteiger partial charge in [0.1, 0.15) is 27.6 Å². The first-order valence-electron chi connectivity index (χ1n) is 7.60. The molecule has 0 fully saturated rings. The van der Waals surface area contributed by atoms with Crippen molar-refractivity contribution in [2.75, 3.05) is 13.7 Å². The Morgan fingerprint density at radius 2 is 1.91 bits per heavy atom. The zero-order chi connectivity index (χ0) is 16.9. The fourth-order valence-corrected chi connectivity index (χ4v) is 2.63. The molecule has 5 heteroatoms. The van der Waals surface area contributed by atoms with Gasteiger partial charge in [-0.15, -0.1) is 0 Å². The number of hydrogen-bond acceptors (Lipinski definition) is 4. The van der Waals surface area contributed by atoms with E-state index in [1.54, 1.807) is 7.11 Å². The third-order valence-electron chi connectivity index (χ3n) is 3.33. The second-order valence-corrected chi connectivity index (χ2v) is 8.30. The average molecular weight is 332 g/mol. The highest BCUT2D eigenvalue weighted by molar-refractivity contribution is 7.91. The van der Waals surface area contributed by atoms with E-state index in [4.69, 9.17) is 4.74 Å².